The van der Waals surface area contributed by atoms with E-state index in [9.17, 15) is 4.79 Å². The normalized spacial score (nSPS) is 23.6. The standard InChI is InChI=1S/C17H25NO2/c1-13(14-6-3-2-4-7-14)10-11-18-12-15-8-5-9-16(15)17(19)20/h2-4,6-7,13,15-16,18H,5,8-12H2,1H3,(H,19,20). The second kappa shape index (κ2) is 7.44. The van der Waals surface area contributed by atoms with Crippen molar-refractivity contribution in [3.8, 4) is 0 Å². The second-order valence-electron chi connectivity index (χ2n) is 5.94. The molecular formula is C17H25NO2. The Labute approximate surface area is 121 Å². The fraction of sp³-hybridized carbons (Fsp3) is 0.588. The van der Waals surface area contributed by atoms with Gasteiger partial charge in [0.05, 0.1) is 5.92 Å². The monoisotopic (exact) mass is 275 g/mol. The third-order valence-electron chi connectivity index (χ3n) is 4.51. The van der Waals surface area contributed by atoms with E-state index in [1.54, 1.807) is 0 Å². The van der Waals surface area contributed by atoms with Crippen LogP contribution in [0, 0.1) is 11.8 Å². The quantitative estimate of drug-likeness (QED) is 0.751. The molecule has 1 aromatic carbocycles. The van der Waals surface area contributed by atoms with E-state index >= 15 is 0 Å². The first-order valence-corrected chi connectivity index (χ1v) is 7.67. The van der Waals surface area contributed by atoms with Crippen LogP contribution in [-0.4, -0.2) is 24.2 Å². The van der Waals surface area contributed by atoms with Crippen LogP contribution >= 0.6 is 0 Å². The fourth-order valence-electron chi connectivity index (χ4n) is 3.16. The van der Waals surface area contributed by atoms with Crippen LogP contribution in [0.4, 0.5) is 0 Å². The lowest BCUT2D eigenvalue weighted by atomic mass is 9.95. The smallest absolute Gasteiger partial charge is 0.306 e. The molecule has 2 rings (SSSR count). The highest BCUT2D eigenvalue weighted by molar-refractivity contribution is 5.70. The van der Waals surface area contributed by atoms with Gasteiger partial charge in [0, 0.05) is 0 Å². The predicted octanol–water partition coefficient (Wildman–Crippen LogP) is 3.27. The second-order valence-corrected chi connectivity index (χ2v) is 5.94. The molecule has 0 saturated heterocycles. The van der Waals surface area contributed by atoms with Gasteiger partial charge in [-0.15, -0.1) is 0 Å². The van der Waals surface area contributed by atoms with Crippen molar-refractivity contribution in [2.24, 2.45) is 11.8 Å². The molecule has 3 unspecified atom stereocenters. The number of hydrogen-bond donors (Lipinski definition) is 2. The number of hydrogen-bond acceptors (Lipinski definition) is 2. The molecule has 0 radical (unpaired) electrons. The maximum Gasteiger partial charge on any atom is 0.306 e. The lowest BCUT2D eigenvalue weighted by molar-refractivity contribution is -0.142. The lowest BCUT2D eigenvalue weighted by Gasteiger charge is -2.17. The van der Waals surface area contributed by atoms with Crippen LogP contribution in [0.5, 0.6) is 0 Å². The van der Waals surface area contributed by atoms with E-state index in [0.29, 0.717) is 11.8 Å². The molecule has 1 saturated carbocycles. The molecular weight excluding hydrogens is 250 g/mol. The first-order valence-electron chi connectivity index (χ1n) is 7.67. The van der Waals surface area contributed by atoms with Crippen molar-refractivity contribution in [1.82, 2.24) is 5.32 Å². The van der Waals surface area contributed by atoms with Crippen molar-refractivity contribution in [2.75, 3.05) is 13.1 Å². The Bertz CT molecular complexity index is 418. The van der Waals surface area contributed by atoms with Gasteiger partial charge in [-0.2, -0.15) is 0 Å². The minimum atomic E-state index is -0.619. The van der Waals surface area contributed by atoms with Crippen molar-refractivity contribution < 1.29 is 9.90 Å². The van der Waals surface area contributed by atoms with Gasteiger partial charge in [0.1, 0.15) is 0 Å². The zero-order valence-corrected chi connectivity index (χ0v) is 12.2. The Balaban J connectivity index is 1.68. The molecule has 3 heteroatoms. The molecule has 0 aromatic heterocycles. The highest BCUT2D eigenvalue weighted by Crippen LogP contribution is 2.31. The summed E-state index contributed by atoms with van der Waals surface area (Å²) in [5.41, 5.74) is 1.37. The van der Waals surface area contributed by atoms with E-state index in [2.05, 4.69) is 36.5 Å². The van der Waals surface area contributed by atoms with Crippen molar-refractivity contribution >= 4 is 5.97 Å². The van der Waals surface area contributed by atoms with E-state index in [-0.39, 0.29) is 5.92 Å². The summed E-state index contributed by atoms with van der Waals surface area (Å²) >= 11 is 0. The summed E-state index contributed by atoms with van der Waals surface area (Å²) in [6.07, 6.45) is 4.05. The summed E-state index contributed by atoms with van der Waals surface area (Å²) in [5.74, 6) is 0.114. The van der Waals surface area contributed by atoms with Crippen LogP contribution in [-0.2, 0) is 4.79 Å². The predicted molar refractivity (Wildman–Crippen MR) is 80.8 cm³/mol. The van der Waals surface area contributed by atoms with Gasteiger partial charge in [-0.25, -0.2) is 0 Å². The van der Waals surface area contributed by atoms with E-state index in [1.165, 1.54) is 5.56 Å². The van der Waals surface area contributed by atoms with Gasteiger partial charge >= 0.3 is 5.97 Å². The average molecular weight is 275 g/mol. The maximum atomic E-state index is 11.1. The zero-order valence-electron chi connectivity index (χ0n) is 12.2. The largest absolute Gasteiger partial charge is 0.481 e. The number of carboxylic acids is 1. The van der Waals surface area contributed by atoms with Crippen molar-refractivity contribution in [3.63, 3.8) is 0 Å². The van der Waals surface area contributed by atoms with Crippen LogP contribution in [0.2, 0.25) is 0 Å². The molecule has 0 amide bonds. The van der Waals surface area contributed by atoms with Gasteiger partial charge in [-0.3, -0.25) is 4.79 Å². The summed E-state index contributed by atoms with van der Waals surface area (Å²) in [6, 6.07) is 10.5. The van der Waals surface area contributed by atoms with E-state index in [4.69, 9.17) is 5.11 Å². The molecule has 1 aliphatic carbocycles. The average Bonchev–Trinajstić information content (AvgIpc) is 2.93. The minimum Gasteiger partial charge on any atom is -0.481 e. The van der Waals surface area contributed by atoms with E-state index in [0.717, 1.165) is 38.8 Å². The summed E-state index contributed by atoms with van der Waals surface area (Å²) < 4.78 is 0. The van der Waals surface area contributed by atoms with Crippen LogP contribution in [0.25, 0.3) is 0 Å². The summed E-state index contributed by atoms with van der Waals surface area (Å²) in [7, 11) is 0. The number of nitrogens with one attached hydrogen (secondary N) is 1. The first-order chi connectivity index (χ1) is 9.68. The molecule has 20 heavy (non-hydrogen) atoms. The van der Waals surface area contributed by atoms with Crippen molar-refractivity contribution in [3.05, 3.63) is 35.9 Å². The van der Waals surface area contributed by atoms with E-state index in [1.807, 2.05) is 6.07 Å². The van der Waals surface area contributed by atoms with Gasteiger partial charge in [-0.05, 0) is 49.8 Å². The van der Waals surface area contributed by atoms with Crippen LogP contribution in [0.3, 0.4) is 0 Å². The Morgan fingerprint density at radius 3 is 2.80 bits per heavy atom. The first kappa shape index (κ1) is 15.0. The molecule has 1 aliphatic rings. The fourth-order valence-corrected chi connectivity index (χ4v) is 3.16. The highest BCUT2D eigenvalue weighted by atomic mass is 16.4. The Morgan fingerprint density at radius 2 is 2.10 bits per heavy atom. The SMILES string of the molecule is CC(CCNCC1CCCC1C(=O)O)c1ccccc1. The molecule has 1 fully saturated rings. The molecule has 3 atom stereocenters. The van der Waals surface area contributed by atoms with Gasteiger partial charge in [-0.1, -0.05) is 43.7 Å². The topological polar surface area (TPSA) is 49.3 Å². The maximum absolute atomic E-state index is 11.1. The Kier molecular flexibility index (Phi) is 5.60. The van der Waals surface area contributed by atoms with Gasteiger partial charge < -0.3 is 10.4 Å². The lowest BCUT2D eigenvalue weighted by Crippen LogP contribution is -2.30. The van der Waals surface area contributed by atoms with Gasteiger partial charge in [0.15, 0.2) is 0 Å². The van der Waals surface area contributed by atoms with E-state index < -0.39 is 5.97 Å². The Hall–Kier alpha value is -1.35. The third kappa shape index (κ3) is 4.07. The number of benzene rings is 1. The van der Waals surface area contributed by atoms with Crippen molar-refractivity contribution in [2.45, 2.75) is 38.5 Å². The number of carboxylic acid groups (broad SMARTS) is 1. The third-order valence-corrected chi connectivity index (χ3v) is 4.51. The van der Waals surface area contributed by atoms with Crippen molar-refractivity contribution in [1.29, 1.82) is 0 Å². The van der Waals surface area contributed by atoms with Gasteiger partial charge in [0.25, 0.3) is 0 Å². The summed E-state index contributed by atoms with van der Waals surface area (Å²) in [6.45, 7) is 4.05. The molecule has 0 spiro atoms. The van der Waals surface area contributed by atoms with Crippen LogP contribution in [0.15, 0.2) is 30.3 Å². The summed E-state index contributed by atoms with van der Waals surface area (Å²) in [5, 5.41) is 12.6. The molecule has 2 N–H and O–H groups in total. The zero-order chi connectivity index (χ0) is 14.4. The number of aliphatic carboxylic acids is 1. The molecule has 0 bridgehead atoms. The number of rotatable bonds is 7. The van der Waals surface area contributed by atoms with Gasteiger partial charge in [0.2, 0.25) is 0 Å². The molecule has 110 valence electrons. The molecule has 1 aromatic rings. The minimum absolute atomic E-state index is 0.131. The summed E-state index contributed by atoms with van der Waals surface area (Å²) in [4.78, 5) is 11.1. The van der Waals surface area contributed by atoms with Crippen LogP contribution in [0.1, 0.15) is 44.1 Å². The number of carbonyl (C=O) groups is 1. The molecule has 0 aliphatic heterocycles. The molecule has 0 heterocycles. The van der Waals surface area contributed by atoms with Crippen LogP contribution < -0.4 is 5.32 Å². The Morgan fingerprint density at radius 1 is 1.35 bits per heavy atom. The highest BCUT2D eigenvalue weighted by Gasteiger charge is 2.32. The molecule has 3 nitrogen and oxygen atoms in total.